The molecule has 0 spiro atoms. The summed E-state index contributed by atoms with van der Waals surface area (Å²) in [7, 11) is 1.27. The third-order valence-electron chi connectivity index (χ3n) is 6.93. The number of fused-ring (bicyclic) bond motifs is 1. The number of H-pyrrole nitrogens is 1. The van der Waals surface area contributed by atoms with Crippen molar-refractivity contribution in [3.05, 3.63) is 107 Å². The van der Waals surface area contributed by atoms with E-state index in [-0.39, 0.29) is 24.9 Å². The van der Waals surface area contributed by atoms with Crippen LogP contribution in [0.1, 0.15) is 52.0 Å². The first kappa shape index (κ1) is 29.7. The zero-order chi connectivity index (χ0) is 29.9. The van der Waals surface area contributed by atoms with Crippen molar-refractivity contribution < 1.29 is 35.9 Å². The van der Waals surface area contributed by atoms with Gasteiger partial charge in [0.2, 0.25) is 5.91 Å². The predicted molar refractivity (Wildman–Crippen MR) is 142 cm³/mol. The zero-order valence-electron chi connectivity index (χ0n) is 22.1. The van der Waals surface area contributed by atoms with Gasteiger partial charge in [0.1, 0.15) is 0 Å². The van der Waals surface area contributed by atoms with Crippen LogP contribution in [0.25, 0.3) is 10.9 Å². The highest BCUT2D eigenvalue weighted by Gasteiger charge is 2.38. The zero-order valence-corrected chi connectivity index (χ0v) is 22.1. The van der Waals surface area contributed by atoms with Gasteiger partial charge in [-0.1, -0.05) is 48.5 Å². The fraction of sp³-hybridized carbons (Fsp3) is 0.267. The maximum atomic E-state index is 13.4. The van der Waals surface area contributed by atoms with Gasteiger partial charge in [-0.05, 0) is 48.7 Å². The second-order valence-electron chi connectivity index (χ2n) is 9.83. The van der Waals surface area contributed by atoms with E-state index in [9.17, 15) is 35.9 Å². The fourth-order valence-electron chi connectivity index (χ4n) is 4.69. The van der Waals surface area contributed by atoms with Crippen LogP contribution >= 0.6 is 0 Å². The lowest BCUT2D eigenvalue weighted by Gasteiger charge is -2.29. The third kappa shape index (κ3) is 7.08. The van der Waals surface area contributed by atoms with E-state index in [0.717, 1.165) is 26.9 Å². The Bertz CT molecular complexity index is 1500. The molecule has 0 saturated carbocycles. The van der Waals surface area contributed by atoms with Crippen LogP contribution in [0.4, 0.5) is 26.3 Å². The topological polar surface area (TPSA) is 65.2 Å². The van der Waals surface area contributed by atoms with Crippen LogP contribution in [0.5, 0.6) is 0 Å². The van der Waals surface area contributed by atoms with Crippen molar-refractivity contribution >= 4 is 22.7 Å². The number of benzene rings is 3. The first-order chi connectivity index (χ1) is 19.2. The van der Waals surface area contributed by atoms with E-state index < -0.39 is 46.9 Å². The summed E-state index contributed by atoms with van der Waals surface area (Å²) in [6, 6.07) is 15.9. The molecular weight excluding hydrogens is 548 g/mol. The van der Waals surface area contributed by atoms with Crippen LogP contribution in [-0.2, 0) is 23.6 Å². The molecule has 3 aromatic carbocycles. The second kappa shape index (κ2) is 11.7. The molecule has 0 radical (unpaired) electrons. The number of hydrogen-bond acceptors (Lipinski definition) is 2. The van der Waals surface area contributed by atoms with Gasteiger partial charge in [0.25, 0.3) is 5.91 Å². The van der Waals surface area contributed by atoms with Crippen molar-refractivity contribution in [3.8, 4) is 0 Å². The Kier molecular flexibility index (Phi) is 8.46. The molecule has 5 nitrogen and oxygen atoms in total. The summed E-state index contributed by atoms with van der Waals surface area (Å²) in [5, 5.41) is 3.67. The molecule has 11 heteroatoms. The number of hydrogen-bond donors (Lipinski definition) is 2. The number of carbonyl (C=O) groups is 2. The molecule has 41 heavy (non-hydrogen) atoms. The van der Waals surface area contributed by atoms with E-state index in [1.807, 2.05) is 48.5 Å². The molecule has 0 fully saturated rings. The highest BCUT2D eigenvalue weighted by molar-refractivity contribution is 5.95. The largest absolute Gasteiger partial charge is 0.416 e. The van der Waals surface area contributed by atoms with E-state index in [1.165, 1.54) is 7.05 Å². The van der Waals surface area contributed by atoms with E-state index in [2.05, 4.69) is 10.3 Å². The van der Waals surface area contributed by atoms with Crippen molar-refractivity contribution in [2.24, 2.45) is 0 Å². The number of nitrogens with one attached hydrogen (secondary N) is 2. The molecule has 1 aromatic heterocycles. The summed E-state index contributed by atoms with van der Waals surface area (Å²) in [5.74, 6) is -1.51. The molecule has 0 aliphatic rings. The predicted octanol–water partition coefficient (Wildman–Crippen LogP) is 7.16. The number of halogens is 6. The number of amides is 2. The number of alkyl halides is 6. The maximum absolute atomic E-state index is 13.4. The second-order valence-corrected chi connectivity index (χ2v) is 9.83. The molecule has 2 amide bonds. The number of aromatic nitrogens is 1. The quantitative estimate of drug-likeness (QED) is 0.219. The standard InChI is InChI=1S/C30H27F6N3O2/c1-18(19-8-4-3-5-9-19)38-27(40)16-24(14-21-17-37-26-11-7-6-10-25(21)26)39(2)28(41)20-12-22(29(31,32)33)15-23(13-20)30(34,35)36/h3-13,15,17-18,24,37H,14,16H2,1-2H3,(H,38,40). The van der Waals surface area contributed by atoms with E-state index >= 15 is 0 Å². The van der Waals surface area contributed by atoms with Gasteiger partial charge in [-0.25, -0.2) is 0 Å². The van der Waals surface area contributed by atoms with Gasteiger partial charge < -0.3 is 15.2 Å². The highest BCUT2D eigenvalue weighted by atomic mass is 19.4. The van der Waals surface area contributed by atoms with E-state index in [4.69, 9.17) is 0 Å². The Labute approximate surface area is 232 Å². The number of likely N-dealkylation sites (N-methyl/N-ethyl adjacent to an activating group) is 1. The molecule has 4 rings (SSSR count). The summed E-state index contributed by atoms with van der Waals surface area (Å²) in [6.45, 7) is 1.78. The van der Waals surface area contributed by atoms with Gasteiger partial charge in [-0.15, -0.1) is 0 Å². The minimum Gasteiger partial charge on any atom is -0.361 e. The van der Waals surface area contributed by atoms with Crippen LogP contribution in [0.3, 0.4) is 0 Å². The Morgan fingerprint density at radius 2 is 1.46 bits per heavy atom. The third-order valence-corrected chi connectivity index (χ3v) is 6.93. The average Bonchev–Trinajstić information content (AvgIpc) is 3.33. The Morgan fingerprint density at radius 1 is 0.878 bits per heavy atom. The number of para-hydroxylation sites is 1. The Balaban J connectivity index is 1.66. The monoisotopic (exact) mass is 575 g/mol. The van der Waals surface area contributed by atoms with Crippen LogP contribution in [0, 0.1) is 0 Å². The lowest BCUT2D eigenvalue weighted by Crippen LogP contribution is -2.42. The van der Waals surface area contributed by atoms with Crippen LogP contribution in [0.2, 0.25) is 0 Å². The summed E-state index contributed by atoms with van der Waals surface area (Å²) in [6.07, 6.45) is -8.64. The van der Waals surface area contributed by atoms with Crippen LogP contribution in [-0.4, -0.2) is 34.8 Å². The molecular formula is C30H27F6N3O2. The summed E-state index contributed by atoms with van der Waals surface area (Å²) in [4.78, 5) is 30.6. The lowest BCUT2D eigenvalue weighted by molar-refractivity contribution is -0.143. The Hall–Kier alpha value is -4.28. The van der Waals surface area contributed by atoms with Gasteiger partial charge in [-0.3, -0.25) is 9.59 Å². The van der Waals surface area contributed by atoms with Crippen molar-refractivity contribution in [2.45, 2.75) is 44.2 Å². The minimum atomic E-state index is -5.11. The molecule has 216 valence electrons. The smallest absolute Gasteiger partial charge is 0.361 e. The highest BCUT2D eigenvalue weighted by Crippen LogP contribution is 2.36. The van der Waals surface area contributed by atoms with E-state index in [1.54, 1.807) is 19.2 Å². The van der Waals surface area contributed by atoms with E-state index in [0.29, 0.717) is 12.1 Å². The van der Waals surface area contributed by atoms with Gasteiger partial charge in [0.15, 0.2) is 0 Å². The normalized spacial score (nSPS) is 13.6. The molecule has 4 aromatic rings. The van der Waals surface area contributed by atoms with Gasteiger partial charge in [-0.2, -0.15) is 26.3 Å². The minimum absolute atomic E-state index is 0.0291. The number of nitrogens with zero attached hydrogens (tertiary/aromatic N) is 1. The van der Waals surface area contributed by atoms with Gasteiger partial charge in [0.05, 0.1) is 17.2 Å². The van der Waals surface area contributed by atoms with Crippen molar-refractivity contribution in [3.63, 3.8) is 0 Å². The fourth-order valence-corrected chi connectivity index (χ4v) is 4.69. The molecule has 2 N–H and O–H groups in total. The summed E-state index contributed by atoms with van der Waals surface area (Å²) in [5.41, 5.74) is -1.60. The number of aromatic amines is 1. The molecule has 0 aliphatic heterocycles. The van der Waals surface area contributed by atoms with Crippen LogP contribution < -0.4 is 5.32 Å². The summed E-state index contributed by atoms with van der Waals surface area (Å²) < 4.78 is 80.7. The Morgan fingerprint density at radius 3 is 2.07 bits per heavy atom. The first-order valence-corrected chi connectivity index (χ1v) is 12.7. The molecule has 2 unspecified atom stereocenters. The molecule has 0 saturated heterocycles. The van der Waals surface area contributed by atoms with Gasteiger partial charge >= 0.3 is 12.4 Å². The van der Waals surface area contributed by atoms with Crippen molar-refractivity contribution in [1.82, 2.24) is 15.2 Å². The number of carbonyl (C=O) groups excluding carboxylic acids is 2. The molecule has 2 atom stereocenters. The number of rotatable bonds is 8. The average molecular weight is 576 g/mol. The molecule has 1 heterocycles. The SMILES string of the molecule is CC(NC(=O)CC(Cc1c[nH]c2ccccc12)N(C)C(=O)c1cc(C(F)(F)F)cc(C(F)(F)F)c1)c1ccccc1. The van der Waals surface area contributed by atoms with Gasteiger partial charge in [0, 0.05) is 42.2 Å². The maximum Gasteiger partial charge on any atom is 0.416 e. The van der Waals surface area contributed by atoms with Crippen LogP contribution in [0.15, 0.2) is 79.0 Å². The van der Waals surface area contributed by atoms with Crippen molar-refractivity contribution in [1.29, 1.82) is 0 Å². The first-order valence-electron chi connectivity index (χ1n) is 12.7. The van der Waals surface area contributed by atoms with Crippen molar-refractivity contribution in [2.75, 3.05) is 7.05 Å². The molecule has 0 bridgehead atoms. The molecule has 0 aliphatic carbocycles. The lowest BCUT2D eigenvalue weighted by atomic mass is 9.98. The summed E-state index contributed by atoms with van der Waals surface area (Å²) >= 11 is 0.